The number of benzene rings is 1. The van der Waals surface area contributed by atoms with Gasteiger partial charge in [0.05, 0.1) is 11.9 Å². The van der Waals surface area contributed by atoms with Gasteiger partial charge in [-0.3, -0.25) is 10.1 Å². The summed E-state index contributed by atoms with van der Waals surface area (Å²) in [5.74, 6) is 1.71. The standard InChI is InChI=1S/C18H20N6O2S2/c1-24-16(12-6-8-14(9-7-12)26-13-4-2-3-5-13)21-23-18(24)27-10-15(25)20-17-22-19-11-28-17/h6-9,11,13H,2-5,10H2,1H3,(H,20,22,25). The number of nitrogens with zero attached hydrogens (tertiary/aromatic N) is 5. The van der Waals surface area contributed by atoms with Crippen molar-refractivity contribution in [2.75, 3.05) is 11.1 Å². The van der Waals surface area contributed by atoms with Crippen molar-refractivity contribution in [2.24, 2.45) is 7.05 Å². The number of aromatic nitrogens is 5. The molecule has 10 heteroatoms. The Morgan fingerprint density at radius 3 is 2.75 bits per heavy atom. The molecule has 0 aliphatic heterocycles. The van der Waals surface area contributed by atoms with E-state index in [0.29, 0.717) is 16.4 Å². The highest BCUT2D eigenvalue weighted by atomic mass is 32.2. The topological polar surface area (TPSA) is 94.8 Å². The number of nitrogens with one attached hydrogen (secondary N) is 1. The summed E-state index contributed by atoms with van der Waals surface area (Å²) >= 11 is 2.61. The molecule has 4 rings (SSSR count). The molecule has 0 spiro atoms. The molecule has 8 nitrogen and oxygen atoms in total. The maximum atomic E-state index is 12.0. The zero-order valence-electron chi connectivity index (χ0n) is 15.4. The molecule has 1 amide bonds. The molecule has 28 heavy (non-hydrogen) atoms. The van der Waals surface area contributed by atoms with Gasteiger partial charge < -0.3 is 9.30 Å². The third-order valence-electron chi connectivity index (χ3n) is 4.49. The van der Waals surface area contributed by atoms with E-state index in [4.69, 9.17) is 4.74 Å². The SMILES string of the molecule is Cn1c(SCC(=O)Nc2nncs2)nnc1-c1ccc(OC2CCCC2)cc1. The molecule has 1 aliphatic carbocycles. The van der Waals surface area contributed by atoms with Gasteiger partial charge in [-0.2, -0.15) is 0 Å². The second-order valence-electron chi connectivity index (χ2n) is 6.49. The molecule has 2 heterocycles. The quantitative estimate of drug-likeness (QED) is 0.590. The molecule has 0 unspecified atom stereocenters. The molecule has 1 N–H and O–H groups in total. The van der Waals surface area contributed by atoms with E-state index in [1.54, 1.807) is 5.51 Å². The van der Waals surface area contributed by atoms with Crippen LogP contribution in [-0.4, -0.2) is 42.7 Å². The van der Waals surface area contributed by atoms with Crippen LogP contribution < -0.4 is 10.1 Å². The Morgan fingerprint density at radius 1 is 1.25 bits per heavy atom. The largest absolute Gasteiger partial charge is 0.490 e. The van der Waals surface area contributed by atoms with E-state index < -0.39 is 0 Å². The molecule has 1 fully saturated rings. The summed E-state index contributed by atoms with van der Waals surface area (Å²) in [6.07, 6.45) is 5.12. The normalized spacial score (nSPS) is 14.3. The summed E-state index contributed by atoms with van der Waals surface area (Å²) in [4.78, 5) is 12.0. The Morgan fingerprint density at radius 2 is 2.04 bits per heavy atom. The zero-order chi connectivity index (χ0) is 19.3. The Kier molecular flexibility index (Phi) is 5.87. The van der Waals surface area contributed by atoms with Crippen molar-refractivity contribution >= 4 is 34.1 Å². The van der Waals surface area contributed by atoms with Gasteiger partial charge in [0, 0.05) is 12.6 Å². The predicted molar refractivity (Wildman–Crippen MR) is 109 cm³/mol. The lowest BCUT2D eigenvalue weighted by molar-refractivity contribution is -0.113. The van der Waals surface area contributed by atoms with Gasteiger partial charge in [-0.05, 0) is 49.9 Å². The number of thioether (sulfide) groups is 1. The molecular weight excluding hydrogens is 396 g/mol. The summed E-state index contributed by atoms with van der Waals surface area (Å²) in [5.41, 5.74) is 2.53. The first-order valence-corrected chi connectivity index (χ1v) is 10.9. The molecule has 146 valence electrons. The first kappa shape index (κ1) is 18.9. The van der Waals surface area contributed by atoms with E-state index in [0.717, 1.165) is 30.0 Å². The predicted octanol–water partition coefficient (Wildman–Crippen LogP) is 3.39. The van der Waals surface area contributed by atoms with Crippen LogP contribution in [0.25, 0.3) is 11.4 Å². The maximum absolute atomic E-state index is 12.0. The molecule has 2 aromatic heterocycles. The lowest BCUT2D eigenvalue weighted by atomic mass is 10.2. The van der Waals surface area contributed by atoms with Crippen molar-refractivity contribution in [3.8, 4) is 17.1 Å². The van der Waals surface area contributed by atoms with Crippen LogP contribution in [0.4, 0.5) is 5.13 Å². The van der Waals surface area contributed by atoms with E-state index in [9.17, 15) is 4.79 Å². The fourth-order valence-electron chi connectivity index (χ4n) is 3.09. The molecule has 0 saturated heterocycles. The number of ether oxygens (including phenoxy) is 1. The van der Waals surface area contributed by atoms with Crippen molar-refractivity contribution in [3.05, 3.63) is 29.8 Å². The molecule has 1 saturated carbocycles. The summed E-state index contributed by atoms with van der Waals surface area (Å²) in [6, 6.07) is 7.94. The van der Waals surface area contributed by atoms with E-state index >= 15 is 0 Å². The van der Waals surface area contributed by atoms with Crippen LogP contribution in [0, 0.1) is 0 Å². The number of rotatable bonds is 7. The second-order valence-corrected chi connectivity index (χ2v) is 8.27. The van der Waals surface area contributed by atoms with Crippen molar-refractivity contribution in [1.82, 2.24) is 25.0 Å². The van der Waals surface area contributed by atoms with Gasteiger partial charge in [0.25, 0.3) is 0 Å². The summed E-state index contributed by atoms with van der Waals surface area (Å²) < 4.78 is 7.89. The summed E-state index contributed by atoms with van der Waals surface area (Å²) in [7, 11) is 1.89. The smallest absolute Gasteiger partial charge is 0.236 e. The number of hydrogen-bond donors (Lipinski definition) is 1. The molecule has 1 aromatic carbocycles. The van der Waals surface area contributed by atoms with Gasteiger partial charge in [-0.25, -0.2) is 0 Å². The average molecular weight is 417 g/mol. The van der Waals surface area contributed by atoms with Gasteiger partial charge in [0.1, 0.15) is 11.3 Å². The molecular formula is C18H20N6O2S2. The zero-order valence-corrected chi connectivity index (χ0v) is 17.0. The lowest BCUT2D eigenvalue weighted by Gasteiger charge is -2.13. The first-order chi connectivity index (χ1) is 13.7. The van der Waals surface area contributed by atoms with E-state index in [1.165, 1.54) is 35.9 Å². The van der Waals surface area contributed by atoms with Crippen LogP contribution in [0.2, 0.25) is 0 Å². The fraction of sp³-hybridized carbons (Fsp3) is 0.389. The van der Waals surface area contributed by atoms with Gasteiger partial charge in [-0.15, -0.1) is 20.4 Å². The maximum Gasteiger partial charge on any atom is 0.236 e. The van der Waals surface area contributed by atoms with Crippen molar-refractivity contribution in [3.63, 3.8) is 0 Å². The summed E-state index contributed by atoms with van der Waals surface area (Å²) in [6.45, 7) is 0. The van der Waals surface area contributed by atoms with Crippen LogP contribution in [0.3, 0.4) is 0 Å². The van der Waals surface area contributed by atoms with E-state index in [2.05, 4.69) is 25.7 Å². The second kappa shape index (κ2) is 8.70. The van der Waals surface area contributed by atoms with Crippen molar-refractivity contribution in [2.45, 2.75) is 36.9 Å². The van der Waals surface area contributed by atoms with E-state index in [-0.39, 0.29) is 11.7 Å². The van der Waals surface area contributed by atoms with Crippen molar-refractivity contribution < 1.29 is 9.53 Å². The van der Waals surface area contributed by atoms with Crippen LogP contribution in [0.1, 0.15) is 25.7 Å². The number of carbonyl (C=O) groups excluding carboxylic acids is 1. The molecule has 0 radical (unpaired) electrons. The fourth-order valence-corrected chi connectivity index (χ4v) is 4.26. The van der Waals surface area contributed by atoms with Gasteiger partial charge in [-0.1, -0.05) is 23.1 Å². The summed E-state index contributed by atoms with van der Waals surface area (Å²) in [5, 5.41) is 19.8. The van der Waals surface area contributed by atoms with Crippen LogP contribution in [-0.2, 0) is 11.8 Å². The first-order valence-electron chi connectivity index (χ1n) is 9.04. The van der Waals surface area contributed by atoms with Crippen LogP contribution >= 0.6 is 23.1 Å². The third-order valence-corrected chi connectivity index (χ3v) is 6.12. The monoisotopic (exact) mass is 416 g/mol. The van der Waals surface area contributed by atoms with Crippen LogP contribution in [0.15, 0.2) is 34.9 Å². The Hall–Kier alpha value is -2.46. The molecule has 3 aromatic rings. The molecule has 0 atom stereocenters. The van der Waals surface area contributed by atoms with Crippen LogP contribution in [0.5, 0.6) is 5.75 Å². The van der Waals surface area contributed by atoms with E-state index in [1.807, 2.05) is 35.9 Å². The highest BCUT2D eigenvalue weighted by molar-refractivity contribution is 7.99. The van der Waals surface area contributed by atoms with Crippen molar-refractivity contribution in [1.29, 1.82) is 0 Å². The lowest BCUT2D eigenvalue weighted by Crippen LogP contribution is -2.14. The Bertz CT molecular complexity index is 920. The number of anilines is 1. The average Bonchev–Trinajstić information content (AvgIpc) is 3.45. The number of hydrogen-bond acceptors (Lipinski definition) is 8. The number of amides is 1. The Labute approximate surface area is 170 Å². The minimum atomic E-state index is -0.153. The number of carbonyl (C=O) groups is 1. The highest BCUT2D eigenvalue weighted by Crippen LogP contribution is 2.27. The third kappa shape index (κ3) is 4.50. The minimum Gasteiger partial charge on any atom is -0.490 e. The highest BCUT2D eigenvalue weighted by Gasteiger charge is 2.17. The minimum absolute atomic E-state index is 0.153. The molecule has 1 aliphatic rings. The van der Waals surface area contributed by atoms with Gasteiger partial charge >= 0.3 is 0 Å². The van der Waals surface area contributed by atoms with Gasteiger partial charge in [0.15, 0.2) is 11.0 Å². The van der Waals surface area contributed by atoms with Gasteiger partial charge in [0.2, 0.25) is 11.0 Å². The molecule has 0 bridgehead atoms. The Balaban J connectivity index is 1.36.